The van der Waals surface area contributed by atoms with Crippen molar-refractivity contribution >= 4 is 23.3 Å². The predicted octanol–water partition coefficient (Wildman–Crippen LogP) is 2.29. The third-order valence-electron chi connectivity index (χ3n) is 3.01. The van der Waals surface area contributed by atoms with Gasteiger partial charge in [-0.15, -0.1) is 0 Å². The summed E-state index contributed by atoms with van der Waals surface area (Å²) in [5, 5.41) is 15.0. The summed E-state index contributed by atoms with van der Waals surface area (Å²) in [6.07, 6.45) is 0. The fraction of sp³-hybridized carbons (Fsp3) is 0.385. The second-order valence-electron chi connectivity index (χ2n) is 4.86. The highest BCUT2D eigenvalue weighted by Crippen LogP contribution is 2.21. The van der Waals surface area contributed by atoms with Crippen LogP contribution in [0, 0.1) is 5.41 Å². The molecular weight excluding hydrogens is 266 g/mol. The van der Waals surface area contributed by atoms with E-state index in [-0.39, 0.29) is 17.8 Å². The minimum Gasteiger partial charge on any atom is -0.409 e. The van der Waals surface area contributed by atoms with Crippen molar-refractivity contribution in [2.75, 3.05) is 0 Å². The lowest BCUT2D eigenvalue weighted by Gasteiger charge is -2.24. The first-order chi connectivity index (χ1) is 8.78. The van der Waals surface area contributed by atoms with Gasteiger partial charge in [-0.3, -0.25) is 4.79 Å². The molecule has 1 unspecified atom stereocenters. The minimum absolute atomic E-state index is 0.136. The van der Waals surface area contributed by atoms with Crippen LogP contribution in [0.1, 0.15) is 32.4 Å². The fourth-order valence-corrected chi connectivity index (χ4v) is 1.68. The number of carbonyl (C=O) groups is 1. The van der Waals surface area contributed by atoms with Gasteiger partial charge < -0.3 is 16.3 Å². The van der Waals surface area contributed by atoms with E-state index in [2.05, 4.69) is 10.5 Å². The highest BCUT2D eigenvalue weighted by atomic mass is 35.5. The molecule has 0 fully saturated rings. The predicted molar refractivity (Wildman–Crippen MR) is 75.2 cm³/mol. The maximum Gasteiger partial charge on any atom is 0.233 e. The molecule has 0 aromatic heterocycles. The van der Waals surface area contributed by atoms with E-state index in [0.717, 1.165) is 5.56 Å². The molecule has 0 aliphatic heterocycles. The zero-order valence-corrected chi connectivity index (χ0v) is 11.9. The summed E-state index contributed by atoms with van der Waals surface area (Å²) in [6.45, 7) is 5.01. The van der Waals surface area contributed by atoms with Gasteiger partial charge in [-0.1, -0.05) is 28.9 Å². The van der Waals surface area contributed by atoms with E-state index >= 15 is 0 Å². The summed E-state index contributed by atoms with van der Waals surface area (Å²) >= 11 is 5.90. The standard InChI is InChI=1S/C13H18ClN3O2/c1-8(9-5-4-6-10(14)7-9)16-12(18)13(2,3)11(15)17-19/h4-8,19H,1-3H3,(H2,15,17)(H,16,18). The summed E-state index contributed by atoms with van der Waals surface area (Å²) < 4.78 is 0. The van der Waals surface area contributed by atoms with Crippen molar-refractivity contribution in [3.8, 4) is 0 Å². The Hall–Kier alpha value is -1.75. The lowest BCUT2D eigenvalue weighted by atomic mass is 9.90. The van der Waals surface area contributed by atoms with E-state index in [1.807, 2.05) is 19.1 Å². The van der Waals surface area contributed by atoms with Crippen LogP contribution in [0.15, 0.2) is 29.4 Å². The SMILES string of the molecule is CC(NC(=O)C(C)(C)C(N)=NO)c1cccc(Cl)c1. The van der Waals surface area contributed by atoms with Gasteiger partial charge in [-0.25, -0.2) is 0 Å². The largest absolute Gasteiger partial charge is 0.409 e. The van der Waals surface area contributed by atoms with Crippen LogP contribution in [-0.2, 0) is 4.79 Å². The molecule has 0 heterocycles. The molecule has 0 aliphatic carbocycles. The molecular formula is C13H18ClN3O2. The number of nitrogens with two attached hydrogens (primary N) is 1. The third kappa shape index (κ3) is 3.61. The first-order valence-electron chi connectivity index (χ1n) is 5.83. The second kappa shape index (κ2) is 5.93. The molecule has 1 aromatic rings. The number of amidine groups is 1. The van der Waals surface area contributed by atoms with Crippen LogP contribution in [0.3, 0.4) is 0 Å². The van der Waals surface area contributed by atoms with E-state index in [4.69, 9.17) is 22.5 Å². The number of oxime groups is 1. The third-order valence-corrected chi connectivity index (χ3v) is 3.25. The average molecular weight is 284 g/mol. The van der Waals surface area contributed by atoms with Gasteiger partial charge in [0, 0.05) is 5.02 Å². The number of nitrogens with zero attached hydrogens (tertiary/aromatic N) is 1. The molecule has 1 amide bonds. The lowest BCUT2D eigenvalue weighted by molar-refractivity contribution is -0.127. The number of halogens is 1. The Bertz CT molecular complexity index is 500. The van der Waals surface area contributed by atoms with E-state index in [9.17, 15) is 4.79 Å². The van der Waals surface area contributed by atoms with Crippen LogP contribution in [-0.4, -0.2) is 17.0 Å². The first kappa shape index (κ1) is 15.3. The average Bonchev–Trinajstić information content (AvgIpc) is 2.37. The van der Waals surface area contributed by atoms with Gasteiger partial charge in [-0.05, 0) is 38.5 Å². The molecule has 1 aromatic carbocycles. The van der Waals surface area contributed by atoms with Crippen LogP contribution >= 0.6 is 11.6 Å². The van der Waals surface area contributed by atoms with Crippen molar-refractivity contribution in [1.29, 1.82) is 0 Å². The van der Waals surface area contributed by atoms with Crippen molar-refractivity contribution in [3.63, 3.8) is 0 Å². The van der Waals surface area contributed by atoms with Crippen LogP contribution in [0.4, 0.5) is 0 Å². The number of carbonyl (C=O) groups excluding carboxylic acids is 1. The van der Waals surface area contributed by atoms with Crippen molar-refractivity contribution in [3.05, 3.63) is 34.9 Å². The van der Waals surface area contributed by atoms with Crippen molar-refractivity contribution in [2.24, 2.45) is 16.3 Å². The quantitative estimate of drug-likeness (QED) is 0.343. The van der Waals surface area contributed by atoms with E-state index in [1.54, 1.807) is 26.0 Å². The minimum atomic E-state index is -1.08. The number of nitrogens with one attached hydrogen (secondary N) is 1. The Labute approximate surface area is 117 Å². The lowest BCUT2D eigenvalue weighted by Crippen LogP contribution is -2.46. The number of rotatable bonds is 4. The normalized spacial score (nSPS) is 14.0. The van der Waals surface area contributed by atoms with Crippen LogP contribution in [0.2, 0.25) is 5.02 Å². The first-order valence-corrected chi connectivity index (χ1v) is 6.21. The molecule has 1 atom stereocenters. The van der Waals surface area contributed by atoms with Gasteiger partial charge in [0.25, 0.3) is 0 Å². The topological polar surface area (TPSA) is 87.7 Å². The molecule has 0 bridgehead atoms. The van der Waals surface area contributed by atoms with Gasteiger partial charge in [-0.2, -0.15) is 0 Å². The van der Waals surface area contributed by atoms with Gasteiger partial charge in [0.2, 0.25) is 5.91 Å². The molecule has 0 spiro atoms. The molecule has 19 heavy (non-hydrogen) atoms. The number of hydrogen-bond acceptors (Lipinski definition) is 3. The van der Waals surface area contributed by atoms with Crippen LogP contribution < -0.4 is 11.1 Å². The van der Waals surface area contributed by atoms with Crippen LogP contribution in [0.25, 0.3) is 0 Å². The Morgan fingerprint density at radius 1 is 1.53 bits per heavy atom. The smallest absolute Gasteiger partial charge is 0.233 e. The fourth-order valence-electron chi connectivity index (χ4n) is 1.48. The maximum atomic E-state index is 12.1. The highest BCUT2D eigenvalue weighted by Gasteiger charge is 2.33. The number of benzene rings is 1. The summed E-state index contributed by atoms with van der Waals surface area (Å²) in [5.41, 5.74) is 5.31. The van der Waals surface area contributed by atoms with Crippen molar-refractivity contribution < 1.29 is 10.0 Å². The molecule has 0 radical (unpaired) electrons. The van der Waals surface area contributed by atoms with Gasteiger partial charge in [0.05, 0.1) is 6.04 Å². The second-order valence-corrected chi connectivity index (χ2v) is 5.30. The summed E-state index contributed by atoms with van der Waals surface area (Å²) in [6, 6.07) is 7.00. The van der Waals surface area contributed by atoms with Crippen molar-refractivity contribution in [2.45, 2.75) is 26.8 Å². The number of hydrogen-bond donors (Lipinski definition) is 3. The van der Waals surface area contributed by atoms with Gasteiger partial charge in [0.15, 0.2) is 5.84 Å². The molecule has 0 aliphatic rings. The van der Waals surface area contributed by atoms with Gasteiger partial charge >= 0.3 is 0 Å². The Morgan fingerprint density at radius 2 is 2.16 bits per heavy atom. The Balaban J connectivity index is 2.83. The molecule has 104 valence electrons. The molecule has 4 N–H and O–H groups in total. The molecule has 1 rings (SSSR count). The zero-order chi connectivity index (χ0) is 14.6. The molecule has 6 heteroatoms. The highest BCUT2D eigenvalue weighted by molar-refractivity contribution is 6.30. The van der Waals surface area contributed by atoms with E-state index in [0.29, 0.717) is 5.02 Å². The van der Waals surface area contributed by atoms with Crippen molar-refractivity contribution in [1.82, 2.24) is 5.32 Å². The molecule has 0 saturated heterocycles. The molecule has 5 nitrogen and oxygen atoms in total. The summed E-state index contributed by atoms with van der Waals surface area (Å²) in [7, 11) is 0. The summed E-state index contributed by atoms with van der Waals surface area (Å²) in [4.78, 5) is 12.1. The monoisotopic (exact) mass is 283 g/mol. The van der Waals surface area contributed by atoms with Crippen LogP contribution in [0.5, 0.6) is 0 Å². The number of amides is 1. The van der Waals surface area contributed by atoms with Gasteiger partial charge in [0.1, 0.15) is 5.41 Å². The zero-order valence-electron chi connectivity index (χ0n) is 11.1. The Morgan fingerprint density at radius 3 is 2.68 bits per heavy atom. The maximum absolute atomic E-state index is 12.1. The molecule has 0 saturated carbocycles. The van der Waals surface area contributed by atoms with E-state index in [1.165, 1.54) is 0 Å². The Kier molecular flexibility index (Phi) is 4.78. The van der Waals surface area contributed by atoms with E-state index < -0.39 is 5.41 Å². The summed E-state index contributed by atoms with van der Waals surface area (Å²) in [5.74, 6) is -0.460.